The fraction of sp³-hybridized carbons (Fsp3) is 0.103. The molecule has 0 aliphatic heterocycles. The molecule has 0 aliphatic carbocycles. The van der Waals surface area contributed by atoms with Crippen LogP contribution >= 0.6 is 0 Å². The Labute approximate surface area is 430 Å². The van der Waals surface area contributed by atoms with Crippen LogP contribution in [-0.4, -0.2) is 15.0 Å². The zero-order chi connectivity index (χ0) is 55.6. The minimum Gasteiger partial charge on any atom is -0.256 e. The molecular formula is C68H55N3. The van der Waals surface area contributed by atoms with E-state index in [1.54, 1.807) is 30.5 Å². The topological polar surface area (TPSA) is 38.7 Å². The largest absolute Gasteiger partial charge is 0.256 e. The summed E-state index contributed by atoms with van der Waals surface area (Å²) >= 11 is 0. The Hall–Kier alpha value is -8.53. The number of hydrogen-bond donors (Lipinski definition) is 0. The van der Waals surface area contributed by atoms with Crippen molar-refractivity contribution in [2.24, 2.45) is 0 Å². The fourth-order valence-corrected chi connectivity index (χ4v) is 9.56. The number of hydrogen-bond acceptors (Lipinski definition) is 3. The second kappa shape index (κ2) is 20.2. The maximum atomic E-state index is 8.49. The van der Waals surface area contributed by atoms with E-state index in [1.807, 2.05) is 66.7 Å². The number of fused-ring (bicyclic) bond motifs is 1. The van der Waals surface area contributed by atoms with E-state index in [2.05, 4.69) is 131 Å². The molecule has 0 fully saturated rings. The molecule has 3 heteroatoms. The predicted octanol–water partition coefficient (Wildman–Crippen LogP) is 17.2. The average molecular weight is 923 g/mol. The summed E-state index contributed by atoms with van der Waals surface area (Å²) in [7, 11) is 0. The first kappa shape index (κ1) is 35.6. The molecule has 0 spiro atoms. The van der Waals surface area contributed by atoms with Crippen LogP contribution in [0.15, 0.2) is 231 Å². The van der Waals surface area contributed by atoms with Crippen molar-refractivity contribution < 1.29 is 12.3 Å². The van der Waals surface area contributed by atoms with Gasteiger partial charge in [-0.3, -0.25) is 9.97 Å². The zero-order valence-corrected chi connectivity index (χ0v) is 39.1. The minimum absolute atomic E-state index is 0.211. The van der Waals surface area contributed by atoms with Gasteiger partial charge in [-0.2, -0.15) is 0 Å². The Morgan fingerprint density at radius 3 is 1.65 bits per heavy atom. The molecule has 3 nitrogen and oxygen atoms in total. The monoisotopic (exact) mass is 922 g/mol. The quantitative estimate of drug-likeness (QED) is 0.116. The van der Waals surface area contributed by atoms with Gasteiger partial charge in [0.15, 0.2) is 0 Å². The van der Waals surface area contributed by atoms with Crippen LogP contribution in [0.25, 0.3) is 89.2 Å². The molecule has 0 N–H and O–H groups in total. The Kier molecular flexibility index (Phi) is 10.1. The van der Waals surface area contributed by atoms with Gasteiger partial charge in [-0.05, 0) is 166 Å². The molecule has 11 rings (SSSR count). The zero-order valence-electron chi connectivity index (χ0n) is 48.1. The highest BCUT2D eigenvalue weighted by Gasteiger charge is 2.17. The minimum atomic E-state index is -2.35. The summed E-state index contributed by atoms with van der Waals surface area (Å²) in [4.78, 5) is 14.0. The van der Waals surface area contributed by atoms with Crippen molar-refractivity contribution in [2.45, 2.75) is 46.2 Å². The summed E-state index contributed by atoms with van der Waals surface area (Å²) in [6.45, 7) is -6.78. The molecule has 0 bridgehead atoms. The molecule has 0 saturated carbocycles. The van der Waals surface area contributed by atoms with E-state index >= 15 is 0 Å². The molecule has 71 heavy (non-hydrogen) atoms. The van der Waals surface area contributed by atoms with Crippen LogP contribution in [0.1, 0.15) is 51.3 Å². The summed E-state index contributed by atoms with van der Waals surface area (Å²) in [5.41, 5.74) is 18.9. The third kappa shape index (κ3) is 10.1. The summed E-state index contributed by atoms with van der Waals surface area (Å²) in [6, 6.07) is 72.9. The predicted molar refractivity (Wildman–Crippen MR) is 297 cm³/mol. The van der Waals surface area contributed by atoms with Gasteiger partial charge >= 0.3 is 0 Å². The van der Waals surface area contributed by atoms with Crippen molar-refractivity contribution in [1.29, 1.82) is 0 Å². The Morgan fingerprint density at radius 2 is 0.944 bits per heavy atom. The summed E-state index contributed by atoms with van der Waals surface area (Å²) in [6.07, 6.45) is 6.07. The van der Waals surface area contributed by atoms with Crippen LogP contribution in [0.5, 0.6) is 0 Å². The van der Waals surface area contributed by atoms with Gasteiger partial charge in [0.2, 0.25) is 0 Å². The molecule has 8 aromatic carbocycles. The normalized spacial score (nSPS) is 13.7. The molecule has 0 saturated heterocycles. The number of aryl methyl sites for hydroxylation is 7. The maximum absolute atomic E-state index is 8.49. The van der Waals surface area contributed by atoms with Crippen LogP contribution in [0, 0.1) is 20.6 Å². The van der Waals surface area contributed by atoms with Crippen molar-refractivity contribution in [3.8, 4) is 78.3 Å². The van der Waals surface area contributed by atoms with Gasteiger partial charge in [-0.15, -0.1) is 0 Å². The summed E-state index contributed by atoms with van der Waals surface area (Å²) in [5.74, 6) is 0. The standard InChI is InChI=1S/C68H55N3/c1-46-37-38-69-67(39-46)57-28-24-50(25-29-57)19-21-52-41-51(20-18-49-22-26-56(27-23-49)65-36-17-47(2)45-70-65)42-59(43-52)61-14-7-8-15-62(61)63-35-34-58(68-40-48(3)60-13-9-10-16-66(60)71-68)44-64(63)55-32-30-54(31-33-55)53-11-5-4-6-12-53/h4-17,22-45H,18-21H2,1-3H3/i1D3,2D3,3D3. The highest BCUT2D eigenvalue weighted by Crippen LogP contribution is 2.42. The number of para-hydroxylation sites is 1. The number of benzene rings is 8. The smallest absolute Gasteiger partial charge is 0.0712 e. The molecule has 0 unspecified atom stereocenters. The first-order valence-corrected chi connectivity index (χ1v) is 24.1. The lowest BCUT2D eigenvalue weighted by molar-refractivity contribution is 0.931. The van der Waals surface area contributed by atoms with Crippen molar-refractivity contribution in [1.82, 2.24) is 15.0 Å². The third-order valence-electron chi connectivity index (χ3n) is 13.3. The first-order valence-electron chi connectivity index (χ1n) is 28.6. The van der Waals surface area contributed by atoms with E-state index in [0.29, 0.717) is 28.0 Å². The van der Waals surface area contributed by atoms with Crippen LogP contribution in [0.4, 0.5) is 0 Å². The van der Waals surface area contributed by atoms with Crippen molar-refractivity contribution in [3.63, 3.8) is 0 Å². The Morgan fingerprint density at radius 1 is 0.338 bits per heavy atom. The van der Waals surface area contributed by atoms with E-state index in [-0.39, 0.29) is 16.7 Å². The van der Waals surface area contributed by atoms with E-state index < -0.39 is 20.6 Å². The van der Waals surface area contributed by atoms with Crippen LogP contribution in [0.2, 0.25) is 0 Å². The lowest BCUT2D eigenvalue weighted by Crippen LogP contribution is -1.98. The number of aromatic nitrogens is 3. The summed E-state index contributed by atoms with van der Waals surface area (Å²) in [5, 5.41) is 0.610. The van der Waals surface area contributed by atoms with Crippen molar-refractivity contribution in [3.05, 3.63) is 270 Å². The van der Waals surface area contributed by atoms with Gasteiger partial charge in [0, 0.05) is 46.8 Å². The van der Waals surface area contributed by atoms with Crippen LogP contribution in [0.3, 0.4) is 0 Å². The summed E-state index contributed by atoms with van der Waals surface area (Å²) < 4.78 is 72.4. The van der Waals surface area contributed by atoms with Crippen LogP contribution < -0.4 is 0 Å². The van der Waals surface area contributed by atoms with Gasteiger partial charge in [0.25, 0.3) is 0 Å². The number of pyridine rings is 3. The van der Waals surface area contributed by atoms with Gasteiger partial charge in [-0.1, -0.05) is 182 Å². The molecule has 3 aromatic heterocycles. The molecule has 11 aromatic rings. The molecule has 3 heterocycles. The second-order valence-corrected chi connectivity index (χ2v) is 18.1. The van der Waals surface area contributed by atoms with Crippen molar-refractivity contribution >= 4 is 10.9 Å². The van der Waals surface area contributed by atoms with E-state index in [1.165, 1.54) is 23.4 Å². The average Bonchev–Trinajstić information content (AvgIpc) is 3.50. The number of nitrogens with zero attached hydrogens (tertiary/aromatic N) is 3. The molecule has 0 aliphatic rings. The van der Waals surface area contributed by atoms with E-state index in [0.717, 1.165) is 98.0 Å². The Balaban J connectivity index is 0.968. The van der Waals surface area contributed by atoms with E-state index in [9.17, 15) is 0 Å². The van der Waals surface area contributed by atoms with Gasteiger partial charge in [0.1, 0.15) is 0 Å². The maximum Gasteiger partial charge on any atom is 0.0712 e. The Bertz CT molecular complexity index is 3980. The van der Waals surface area contributed by atoms with Crippen molar-refractivity contribution in [2.75, 3.05) is 0 Å². The van der Waals surface area contributed by atoms with Gasteiger partial charge < -0.3 is 0 Å². The highest BCUT2D eigenvalue weighted by atomic mass is 14.7. The SMILES string of the molecule is [2H]C([2H])([2H])c1ccc(-c2ccc(CCc3cc(CCc4ccc(-c5cc(C([2H])([2H])[2H])ccn5)cc4)cc(-c4ccccc4-c4ccc(-c5cc(C([2H])([2H])[2H])c6ccccc6n5)cc4-c4ccc(-c5ccccc5)cc4)c3)cc2)nc1. The molecule has 0 amide bonds. The van der Waals surface area contributed by atoms with E-state index in [4.69, 9.17) is 17.3 Å². The highest BCUT2D eigenvalue weighted by molar-refractivity contribution is 5.94. The second-order valence-electron chi connectivity index (χ2n) is 18.1. The lowest BCUT2D eigenvalue weighted by atomic mass is 9.86. The lowest BCUT2D eigenvalue weighted by Gasteiger charge is -2.18. The number of rotatable bonds is 13. The fourth-order valence-electron chi connectivity index (χ4n) is 9.56. The van der Waals surface area contributed by atoms with Crippen LogP contribution in [-0.2, 0) is 25.7 Å². The molecule has 0 atom stereocenters. The van der Waals surface area contributed by atoms with Gasteiger partial charge in [0.05, 0.1) is 22.6 Å². The molecular weight excluding hydrogens is 859 g/mol. The molecule has 0 radical (unpaired) electrons. The third-order valence-corrected chi connectivity index (χ3v) is 13.3. The van der Waals surface area contributed by atoms with Gasteiger partial charge in [-0.25, -0.2) is 4.98 Å². The molecule has 342 valence electrons. The first-order chi connectivity index (χ1) is 38.5.